The Bertz CT molecular complexity index is 407. The molecule has 18 heavy (non-hydrogen) atoms. The van der Waals surface area contributed by atoms with Crippen molar-refractivity contribution in [2.75, 3.05) is 36.9 Å². The summed E-state index contributed by atoms with van der Waals surface area (Å²) < 4.78 is 4.95. The molecule has 0 fully saturated rings. The lowest BCUT2D eigenvalue weighted by Gasteiger charge is -2.22. The number of esters is 1. The van der Waals surface area contributed by atoms with Crippen molar-refractivity contribution in [3.8, 4) is 0 Å². The summed E-state index contributed by atoms with van der Waals surface area (Å²) in [5, 5.41) is 8.99. The van der Waals surface area contributed by atoms with Crippen molar-refractivity contribution in [2.45, 2.75) is 13.8 Å². The molecule has 0 atom stereocenters. The van der Waals surface area contributed by atoms with Crippen LogP contribution < -0.4 is 10.6 Å². The molecule has 0 bridgehead atoms. The number of hydrogen-bond acceptors (Lipinski definition) is 5. The van der Waals surface area contributed by atoms with E-state index >= 15 is 0 Å². The van der Waals surface area contributed by atoms with Crippen molar-refractivity contribution in [2.24, 2.45) is 0 Å². The summed E-state index contributed by atoms with van der Waals surface area (Å²) in [6.07, 6.45) is 0. The van der Waals surface area contributed by atoms with Gasteiger partial charge in [-0.1, -0.05) is 0 Å². The number of nitrogens with zero attached hydrogens (tertiary/aromatic N) is 1. The standard InChI is InChI=1S/C13H20N2O3/c1-3-15(7-8-16)10-5-6-12(14)11(9-10)13(17)18-4-2/h5-6,9,16H,3-4,7-8,14H2,1-2H3. The fraction of sp³-hybridized carbons (Fsp3) is 0.462. The van der Waals surface area contributed by atoms with Crippen LogP contribution in [0.4, 0.5) is 11.4 Å². The van der Waals surface area contributed by atoms with Crippen LogP contribution in [-0.2, 0) is 4.74 Å². The number of benzene rings is 1. The van der Waals surface area contributed by atoms with E-state index in [1.807, 2.05) is 17.9 Å². The van der Waals surface area contributed by atoms with Crippen LogP contribution in [0.3, 0.4) is 0 Å². The van der Waals surface area contributed by atoms with Crippen LogP contribution in [0.25, 0.3) is 0 Å². The smallest absolute Gasteiger partial charge is 0.340 e. The van der Waals surface area contributed by atoms with Crippen molar-refractivity contribution in [3.05, 3.63) is 23.8 Å². The lowest BCUT2D eigenvalue weighted by atomic mass is 10.1. The summed E-state index contributed by atoms with van der Waals surface area (Å²) in [5.74, 6) is -0.420. The first-order valence-corrected chi connectivity index (χ1v) is 6.06. The number of hydrogen-bond donors (Lipinski definition) is 2. The number of anilines is 2. The van der Waals surface area contributed by atoms with E-state index in [1.165, 1.54) is 0 Å². The minimum atomic E-state index is -0.420. The summed E-state index contributed by atoms with van der Waals surface area (Å²) >= 11 is 0. The monoisotopic (exact) mass is 252 g/mol. The molecule has 0 aliphatic rings. The van der Waals surface area contributed by atoms with E-state index in [-0.39, 0.29) is 6.61 Å². The lowest BCUT2D eigenvalue weighted by molar-refractivity contribution is 0.0527. The second kappa shape index (κ2) is 6.86. The highest BCUT2D eigenvalue weighted by Gasteiger charge is 2.13. The molecule has 1 aromatic rings. The number of nitrogen functional groups attached to an aromatic ring is 1. The zero-order valence-corrected chi connectivity index (χ0v) is 10.8. The van der Waals surface area contributed by atoms with E-state index in [1.54, 1.807) is 19.1 Å². The molecule has 5 nitrogen and oxygen atoms in total. The fourth-order valence-electron chi connectivity index (χ4n) is 1.72. The Morgan fingerprint density at radius 2 is 2.17 bits per heavy atom. The maximum atomic E-state index is 11.7. The zero-order valence-electron chi connectivity index (χ0n) is 10.8. The molecule has 5 heteroatoms. The summed E-state index contributed by atoms with van der Waals surface area (Å²) in [5.41, 5.74) is 7.38. The molecule has 0 radical (unpaired) electrons. The van der Waals surface area contributed by atoms with E-state index in [0.717, 1.165) is 12.2 Å². The van der Waals surface area contributed by atoms with E-state index in [4.69, 9.17) is 15.6 Å². The second-order valence-electron chi connectivity index (χ2n) is 3.80. The zero-order chi connectivity index (χ0) is 13.5. The van der Waals surface area contributed by atoms with Crippen LogP contribution in [0.1, 0.15) is 24.2 Å². The molecule has 0 amide bonds. The molecular formula is C13H20N2O3. The predicted molar refractivity (Wildman–Crippen MR) is 71.8 cm³/mol. The number of ether oxygens (including phenoxy) is 1. The third kappa shape index (κ3) is 3.37. The van der Waals surface area contributed by atoms with Gasteiger partial charge >= 0.3 is 5.97 Å². The molecule has 0 spiro atoms. The number of likely N-dealkylation sites (N-methyl/N-ethyl adjacent to an activating group) is 1. The largest absolute Gasteiger partial charge is 0.462 e. The molecule has 0 heterocycles. The van der Waals surface area contributed by atoms with Crippen LogP contribution >= 0.6 is 0 Å². The van der Waals surface area contributed by atoms with Crippen LogP contribution in [0, 0.1) is 0 Å². The van der Waals surface area contributed by atoms with Gasteiger partial charge in [-0.2, -0.15) is 0 Å². The molecule has 0 aliphatic heterocycles. The molecule has 0 unspecified atom stereocenters. The molecule has 0 saturated heterocycles. The molecule has 3 N–H and O–H groups in total. The third-order valence-electron chi connectivity index (χ3n) is 2.65. The van der Waals surface area contributed by atoms with Crippen molar-refractivity contribution in [1.29, 1.82) is 0 Å². The summed E-state index contributed by atoms with van der Waals surface area (Å²) in [6.45, 7) is 5.37. The van der Waals surface area contributed by atoms with Crippen molar-refractivity contribution < 1.29 is 14.6 Å². The number of nitrogens with two attached hydrogens (primary N) is 1. The highest BCUT2D eigenvalue weighted by Crippen LogP contribution is 2.22. The Kier molecular flexibility index (Phi) is 5.45. The van der Waals surface area contributed by atoms with Gasteiger partial charge in [0.25, 0.3) is 0 Å². The first-order valence-electron chi connectivity index (χ1n) is 6.06. The van der Waals surface area contributed by atoms with Gasteiger partial charge in [-0.15, -0.1) is 0 Å². The Balaban J connectivity index is 3.02. The van der Waals surface area contributed by atoms with E-state index in [9.17, 15) is 4.79 Å². The van der Waals surface area contributed by atoms with Crippen LogP contribution in [0.15, 0.2) is 18.2 Å². The van der Waals surface area contributed by atoms with Crippen LogP contribution in [0.5, 0.6) is 0 Å². The van der Waals surface area contributed by atoms with Crippen molar-refractivity contribution in [3.63, 3.8) is 0 Å². The minimum Gasteiger partial charge on any atom is -0.462 e. The molecule has 0 aliphatic carbocycles. The lowest BCUT2D eigenvalue weighted by Crippen LogP contribution is -2.26. The molecular weight excluding hydrogens is 232 g/mol. The quantitative estimate of drug-likeness (QED) is 0.589. The van der Waals surface area contributed by atoms with Gasteiger partial charge in [-0.25, -0.2) is 4.79 Å². The SMILES string of the molecule is CCOC(=O)c1cc(N(CC)CCO)ccc1N. The van der Waals surface area contributed by atoms with Gasteiger partial charge in [0.2, 0.25) is 0 Å². The van der Waals surface area contributed by atoms with E-state index in [0.29, 0.717) is 24.4 Å². The summed E-state index contributed by atoms with van der Waals surface area (Å²) in [7, 11) is 0. The number of carbonyl (C=O) groups is 1. The highest BCUT2D eigenvalue weighted by atomic mass is 16.5. The topological polar surface area (TPSA) is 75.8 Å². The number of carbonyl (C=O) groups excluding carboxylic acids is 1. The summed E-state index contributed by atoms with van der Waals surface area (Å²) in [6, 6.07) is 5.21. The fourth-order valence-corrected chi connectivity index (χ4v) is 1.72. The van der Waals surface area contributed by atoms with Gasteiger partial charge in [0, 0.05) is 24.5 Å². The minimum absolute atomic E-state index is 0.0625. The average Bonchev–Trinajstić information content (AvgIpc) is 2.37. The molecule has 100 valence electrons. The van der Waals surface area contributed by atoms with Crippen molar-refractivity contribution in [1.82, 2.24) is 0 Å². The van der Waals surface area contributed by atoms with Crippen molar-refractivity contribution >= 4 is 17.3 Å². The number of rotatable bonds is 6. The Morgan fingerprint density at radius 3 is 2.72 bits per heavy atom. The Labute approximate surface area is 107 Å². The van der Waals surface area contributed by atoms with Gasteiger partial charge in [0.05, 0.1) is 18.8 Å². The second-order valence-corrected chi connectivity index (χ2v) is 3.80. The Morgan fingerprint density at radius 1 is 1.44 bits per heavy atom. The number of aliphatic hydroxyl groups excluding tert-OH is 1. The number of aliphatic hydroxyl groups is 1. The molecule has 1 rings (SSSR count). The Hall–Kier alpha value is -1.75. The van der Waals surface area contributed by atoms with Gasteiger partial charge in [0.15, 0.2) is 0 Å². The first-order chi connectivity index (χ1) is 8.63. The summed E-state index contributed by atoms with van der Waals surface area (Å²) in [4.78, 5) is 13.7. The normalized spacial score (nSPS) is 10.2. The molecule has 0 aromatic heterocycles. The first kappa shape index (κ1) is 14.3. The maximum absolute atomic E-state index is 11.7. The van der Waals surface area contributed by atoms with Crippen LogP contribution in [-0.4, -0.2) is 37.4 Å². The van der Waals surface area contributed by atoms with Gasteiger partial charge in [-0.3, -0.25) is 0 Å². The van der Waals surface area contributed by atoms with Gasteiger partial charge < -0.3 is 20.5 Å². The predicted octanol–water partition coefficient (Wildman–Crippen LogP) is 1.26. The highest BCUT2D eigenvalue weighted by molar-refractivity contribution is 5.96. The van der Waals surface area contributed by atoms with Gasteiger partial charge in [-0.05, 0) is 32.0 Å². The van der Waals surface area contributed by atoms with E-state index in [2.05, 4.69) is 0 Å². The maximum Gasteiger partial charge on any atom is 0.340 e. The third-order valence-corrected chi connectivity index (χ3v) is 2.65. The average molecular weight is 252 g/mol. The van der Waals surface area contributed by atoms with E-state index < -0.39 is 5.97 Å². The van der Waals surface area contributed by atoms with Gasteiger partial charge in [0.1, 0.15) is 0 Å². The molecule has 0 saturated carbocycles. The van der Waals surface area contributed by atoms with Crippen LogP contribution in [0.2, 0.25) is 0 Å². The molecule has 1 aromatic carbocycles.